The molecule has 1 heterocycles. The van der Waals surface area contributed by atoms with Crippen molar-refractivity contribution >= 4 is 11.6 Å². The summed E-state index contributed by atoms with van der Waals surface area (Å²) in [6.45, 7) is 1.57. The van der Waals surface area contributed by atoms with Gasteiger partial charge in [0.15, 0.2) is 11.5 Å². The lowest BCUT2D eigenvalue weighted by molar-refractivity contribution is 0.0944. The maximum Gasteiger partial charge on any atom is 0.273 e. The summed E-state index contributed by atoms with van der Waals surface area (Å²) in [7, 11) is 2.08. The number of hydrogen-bond donors (Lipinski definition) is 1. The Morgan fingerprint density at radius 3 is 2.46 bits per heavy atom. The molecule has 26 heavy (non-hydrogen) atoms. The Kier molecular flexibility index (Phi) is 6.04. The number of unbranched alkanes of at least 4 members (excludes halogenated alkanes) is 1. The molecule has 0 fully saturated rings. The molecule has 3 aromatic rings. The molecule has 0 radical (unpaired) electrons. The Morgan fingerprint density at radius 1 is 1.04 bits per heavy atom. The summed E-state index contributed by atoms with van der Waals surface area (Å²) < 4.78 is 5.26. The summed E-state index contributed by atoms with van der Waals surface area (Å²) in [5.74, 6) is 0.396. The molecule has 3 rings (SSSR count). The standard InChI is InChI=1S/C21H23N3O2/c1-24(18-12-6-3-7-13-18)15-9-8-14-22-21(25)19-16-20(26-23-19)17-10-4-2-5-11-17/h2-7,10-13,16H,8-9,14-15H2,1H3,(H,22,25). The van der Waals surface area contributed by atoms with Crippen LogP contribution in [0, 0.1) is 0 Å². The lowest BCUT2D eigenvalue weighted by Crippen LogP contribution is -2.26. The molecule has 0 unspecified atom stereocenters. The van der Waals surface area contributed by atoms with E-state index in [1.807, 2.05) is 48.5 Å². The number of hydrogen-bond acceptors (Lipinski definition) is 4. The van der Waals surface area contributed by atoms with Crippen molar-refractivity contribution in [2.45, 2.75) is 12.8 Å². The highest BCUT2D eigenvalue weighted by molar-refractivity contribution is 5.93. The van der Waals surface area contributed by atoms with E-state index in [0.717, 1.165) is 24.9 Å². The zero-order valence-electron chi connectivity index (χ0n) is 14.9. The van der Waals surface area contributed by atoms with Gasteiger partial charge in [-0.1, -0.05) is 53.7 Å². The van der Waals surface area contributed by atoms with Crippen LogP contribution >= 0.6 is 0 Å². The van der Waals surface area contributed by atoms with E-state index in [-0.39, 0.29) is 5.91 Å². The van der Waals surface area contributed by atoms with Gasteiger partial charge in [0.05, 0.1) is 0 Å². The second kappa shape index (κ2) is 8.85. The van der Waals surface area contributed by atoms with Crippen LogP contribution in [0.1, 0.15) is 23.3 Å². The van der Waals surface area contributed by atoms with Crippen molar-refractivity contribution in [3.05, 3.63) is 72.4 Å². The fourth-order valence-corrected chi connectivity index (χ4v) is 2.70. The Labute approximate surface area is 153 Å². The van der Waals surface area contributed by atoms with Crippen molar-refractivity contribution < 1.29 is 9.32 Å². The van der Waals surface area contributed by atoms with E-state index in [2.05, 4.69) is 34.6 Å². The summed E-state index contributed by atoms with van der Waals surface area (Å²) in [6.07, 6.45) is 1.91. The molecule has 5 nitrogen and oxygen atoms in total. The number of nitrogens with zero attached hydrogens (tertiary/aromatic N) is 2. The SMILES string of the molecule is CN(CCCCNC(=O)c1cc(-c2ccccc2)on1)c1ccccc1. The maximum atomic E-state index is 12.2. The number of carbonyl (C=O) groups is 1. The van der Waals surface area contributed by atoms with E-state index >= 15 is 0 Å². The van der Waals surface area contributed by atoms with Crippen molar-refractivity contribution in [1.29, 1.82) is 0 Å². The number of benzene rings is 2. The highest BCUT2D eigenvalue weighted by Gasteiger charge is 2.13. The number of anilines is 1. The summed E-state index contributed by atoms with van der Waals surface area (Å²) in [4.78, 5) is 14.4. The van der Waals surface area contributed by atoms with Crippen molar-refractivity contribution in [2.24, 2.45) is 0 Å². The van der Waals surface area contributed by atoms with Gasteiger partial charge in [0, 0.05) is 37.5 Å². The first kappa shape index (κ1) is 17.7. The van der Waals surface area contributed by atoms with Gasteiger partial charge in [-0.05, 0) is 25.0 Å². The third-order valence-electron chi connectivity index (χ3n) is 4.20. The second-order valence-corrected chi connectivity index (χ2v) is 6.16. The van der Waals surface area contributed by atoms with Crippen LogP contribution in [0.4, 0.5) is 5.69 Å². The molecule has 0 spiro atoms. The van der Waals surface area contributed by atoms with Gasteiger partial charge in [-0.25, -0.2) is 0 Å². The zero-order valence-corrected chi connectivity index (χ0v) is 14.9. The Hall–Kier alpha value is -3.08. The molecular weight excluding hydrogens is 326 g/mol. The van der Waals surface area contributed by atoms with Gasteiger partial charge in [-0.15, -0.1) is 0 Å². The Morgan fingerprint density at radius 2 is 1.73 bits per heavy atom. The van der Waals surface area contributed by atoms with E-state index in [0.29, 0.717) is 18.0 Å². The number of nitrogens with one attached hydrogen (secondary N) is 1. The van der Waals surface area contributed by atoms with E-state index in [4.69, 9.17) is 4.52 Å². The molecule has 0 atom stereocenters. The van der Waals surface area contributed by atoms with Crippen molar-refractivity contribution in [1.82, 2.24) is 10.5 Å². The molecule has 134 valence electrons. The maximum absolute atomic E-state index is 12.2. The molecule has 0 aliphatic carbocycles. The molecule has 5 heteroatoms. The van der Waals surface area contributed by atoms with E-state index in [1.165, 1.54) is 5.69 Å². The normalized spacial score (nSPS) is 10.5. The van der Waals surface area contributed by atoms with Crippen LogP contribution in [0.5, 0.6) is 0 Å². The molecule has 0 saturated heterocycles. The van der Waals surface area contributed by atoms with Crippen LogP contribution in [0.3, 0.4) is 0 Å². The predicted octanol–water partition coefficient (Wildman–Crippen LogP) is 3.99. The molecule has 0 saturated carbocycles. The number of para-hydroxylation sites is 1. The number of carbonyl (C=O) groups excluding carboxylic acids is 1. The predicted molar refractivity (Wildman–Crippen MR) is 103 cm³/mol. The van der Waals surface area contributed by atoms with Crippen molar-refractivity contribution in [2.75, 3.05) is 25.0 Å². The minimum absolute atomic E-state index is 0.202. The summed E-state index contributed by atoms with van der Waals surface area (Å²) in [6, 6.07) is 21.6. The molecule has 1 aromatic heterocycles. The first-order valence-corrected chi connectivity index (χ1v) is 8.80. The largest absolute Gasteiger partial charge is 0.375 e. The molecule has 2 aromatic carbocycles. The first-order valence-electron chi connectivity index (χ1n) is 8.80. The van der Waals surface area contributed by atoms with Crippen LogP contribution in [0.25, 0.3) is 11.3 Å². The van der Waals surface area contributed by atoms with Crippen molar-refractivity contribution in [3.8, 4) is 11.3 Å². The Bertz CT molecular complexity index is 816. The van der Waals surface area contributed by atoms with Crippen LogP contribution in [-0.2, 0) is 0 Å². The third kappa shape index (κ3) is 4.72. The summed E-state index contributed by atoms with van der Waals surface area (Å²) >= 11 is 0. The number of amides is 1. The zero-order chi connectivity index (χ0) is 18.2. The van der Waals surface area contributed by atoms with E-state index in [9.17, 15) is 4.79 Å². The molecule has 1 amide bonds. The first-order chi connectivity index (χ1) is 12.7. The van der Waals surface area contributed by atoms with Crippen LogP contribution in [0.15, 0.2) is 71.3 Å². The second-order valence-electron chi connectivity index (χ2n) is 6.16. The molecule has 0 bridgehead atoms. The van der Waals surface area contributed by atoms with Crippen LogP contribution < -0.4 is 10.2 Å². The van der Waals surface area contributed by atoms with Crippen molar-refractivity contribution in [3.63, 3.8) is 0 Å². The van der Waals surface area contributed by atoms with Gasteiger partial charge in [0.1, 0.15) is 0 Å². The molecule has 0 aliphatic rings. The Balaban J connectivity index is 1.40. The highest BCUT2D eigenvalue weighted by Crippen LogP contribution is 2.19. The van der Waals surface area contributed by atoms with Gasteiger partial charge >= 0.3 is 0 Å². The lowest BCUT2D eigenvalue weighted by atomic mass is 10.1. The van der Waals surface area contributed by atoms with Gasteiger partial charge in [0.2, 0.25) is 0 Å². The van der Waals surface area contributed by atoms with Gasteiger partial charge in [0.25, 0.3) is 5.91 Å². The third-order valence-corrected chi connectivity index (χ3v) is 4.20. The fraction of sp³-hybridized carbons (Fsp3) is 0.238. The molecule has 1 N–H and O–H groups in total. The average molecular weight is 349 g/mol. The highest BCUT2D eigenvalue weighted by atomic mass is 16.5. The van der Waals surface area contributed by atoms with Crippen LogP contribution in [-0.4, -0.2) is 31.2 Å². The van der Waals surface area contributed by atoms with Gasteiger partial charge in [-0.3, -0.25) is 4.79 Å². The fourth-order valence-electron chi connectivity index (χ4n) is 2.70. The summed E-state index contributed by atoms with van der Waals surface area (Å²) in [5.41, 5.74) is 2.42. The molecule has 0 aliphatic heterocycles. The minimum Gasteiger partial charge on any atom is -0.375 e. The smallest absolute Gasteiger partial charge is 0.273 e. The monoisotopic (exact) mass is 349 g/mol. The topological polar surface area (TPSA) is 58.4 Å². The van der Waals surface area contributed by atoms with Gasteiger partial charge < -0.3 is 14.7 Å². The number of aromatic nitrogens is 1. The van der Waals surface area contributed by atoms with Crippen LogP contribution in [0.2, 0.25) is 0 Å². The van der Waals surface area contributed by atoms with E-state index < -0.39 is 0 Å². The number of rotatable bonds is 8. The van der Waals surface area contributed by atoms with E-state index in [1.54, 1.807) is 6.07 Å². The lowest BCUT2D eigenvalue weighted by Gasteiger charge is -2.18. The van der Waals surface area contributed by atoms with Gasteiger partial charge in [-0.2, -0.15) is 0 Å². The summed E-state index contributed by atoms with van der Waals surface area (Å²) in [5, 5.41) is 6.76. The average Bonchev–Trinajstić information content (AvgIpc) is 3.19. The molecular formula is C21H23N3O2. The minimum atomic E-state index is -0.202. The quantitative estimate of drug-likeness (QED) is 0.625.